The molecule has 188 valence electrons. The van der Waals surface area contributed by atoms with Gasteiger partial charge in [0.2, 0.25) is 11.8 Å². The number of rotatable bonds is 8. The third-order valence-corrected chi connectivity index (χ3v) is 11.7. The third kappa shape index (κ3) is 5.43. The van der Waals surface area contributed by atoms with Crippen molar-refractivity contribution in [3.05, 3.63) is 53.4 Å². The van der Waals surface area contributed by atoms with Crippen molar-refractivity contribution < 1.29 is 26.9 Å². The molecule has 0 unspecified atom stereocenters. The van der Waals surface area contributed by atoms with E-state index in [9.17, 15) is 13.6 Å². The zero-order chi connectivity index (χ0) is 25.5. The van der Waals surface area contributed by atoms with Crippen molar-refractivity contribution in [2.75, 3.05) is 0 Å². The van der Waals surface area contributed by atoms with Gasteiger partial charge in [-0.1, -0.05) is 25.9 Å². The van der Waals surface area contributed by atoms with Crippen LogP contribution in [0.1, 0.15) is 81.2 Å². The first-order chi connectivity index (χ1) is 16.3. The summed E-state index contributed by atoms with van der Waals surface area (Å²) in [5.74, 6) is -0.241. The van der Waals surface area contributed by atoms with E-state index in [2.05, 4.69) is 49.2 Å². The summed E-state index contributed by atoms with van der Waals surface area (Å²) in [6.07, 6.45) is 1.52. The Labute approximate surface area is 204 Å². The van der Waals surface area contributed by atoms with E-state index >= 15 is 0 Å². The molecule has 0 bridgehead atoms. The van der Waals surface area contributed by atoms with Crippen molar-refractivity contribution in [2.45, 2.75) is 77.1 Å². The van der Waals surface area contributed by atoms with E-state index in [1.54, 1.807) is 0 Å². The minimum Gasteiger partial charge on any atom is -0.422 e. The first-order valence-corrected chi connectivity index (χ1v) is 14.7. The molecule has 0 spiro atoms. The molecule has 1 aliphatic rings. The van der Waals surface area contributed by atoms with Crippen LogP contribution >= 0.6 is 0 Å². The zero-order valence-corrected chi connectivity index (χ0v) is 21.9. The van der Waals surface area contributed by atoms with Crippen LogP contribution in [-0.4, -0.2) is 29.5 Å². The highest BCUT2D eigenvalue weighted by Gasteiger charge is 2.40. The molecule has 1 saturated carbocycles. The van der Waals surface area contributed by atoms with Crippen LogP contribution in [0.25, 0.3) is 11.3 Å². The van der Waals surface area contributed by atoms with Crippen molar-refractivity contribution in [3.8, 4) is 11.3 Å². The maximum Gasteiger partial charge on any atom is 0.243 e. The Balaban J connectivity index is 1.31. The van der Waals surface area contributed by atoms with Gasteiger partial charge in [-0.2, -0.15) is 0 Å². The van der Waals surface area contributed by atoms with Gasteiger partial charge in [-0.05, 0) is 55.9 Å². The van der Waals surface area contributed by atoms with Gasteiger partial charge in [-0.15, -0.1) is 10.2 Å². The van der Waals surface area contributed by atoms with E-state index in [0.29, 0.717) is 18.2 Å². The third-order valence-electron chi connectivity index (χ3n) is 7.13. The number of Topliss-reactive ketones (excluding diaryl/α,β-unsaturated/α-hetero) is 1. The standard InChI is InChI=1S/C25H31F2N3O4Si/c1-14(34-35(5,6)25(2,3)4)23-28-29-24(32-23)16-9-15(10-16)11-21(31)20-13-22(33-30-20)18-8-7-17(26)12-19(18)27/h7-8,12-16H,9-11H2,1-6H3/t14-,15?,16?/m1/s1. The molecule has 7 nitrogen and oxygen atoms in total. The summed E-state index contributed by atoms with van der Waals surface area (Å²) in [6.45, 7) is 12.8. The molecule has 1 atom stereocenters. The summed E-state index contributed by atoms with van der Waals surface area (Å²) in [7, 11) is -1.97. The van der Waals surface area contributed by atoms with Gasteiger partial charge in [-0.3, -0.25) is 4.79 Å². The number of nitrogens with zero attached hydrogens (tertiary/aromatic N) is 3. The van der Waals surface area contributed by atoms with Gasteiger partial charge in [-0.25, -0.2) is 8.78 Å². The Hall–Kier alpha value is -2.72. The van der Waals surface area contributed by atoms with Crippen molar-refractivity contribution in [1.29, 1.82) is 0 Å². The summed E-state index contributed by atoms with van der Waals surface area (Å²) in [6, 6.07) is 4.53. The van der Waals surface area contributed by atoms with E-state index in [1.165, 1.54) is 12.1 Å². The molecule has 3 aromatic rings. The summed E-state index contributed by atoms with van der Waals surface area (Å²) in [4.78, 5) is 12.6. The molecule has 10 heteroatoms. The summed E-state index contributed by atoms with van der Waals surface area (Å²) >= 11 is 0. The molecule has 1 aliphatic carbocycles. The molecular weight excluding hydrogens is 472 g/mol. The normalized spacial score (nSPS) is 19.4. The molecule has 2 heterocycles. The lowest BCUT2D eigenvalue weighted by Crippen LogP contribution is -2.41. The van der Waals surface area contributed by atoms with Gasteiger partial charge in [0.25, 0.3) is 0 Å². The van der Waals surface area contributed by atoms with Crippen molar-refractivity contribution in [3.63, 3.8) is 0 Å². The molecule has 0 N–H and O–H groups in total. The van der Waals surface area contributed by atoms with Gasteiger partial charge in [0, 0.05) is 24.5 Å². The highest BCUT2D eigenvalue weighted by Crippen LogP contribution is 2.44. The molecule has 0 saturated heterocycles. The second-order valence-electron chi connectivity index (χ2n) is 10.9. The first-order valence-electron chi connectivity index (χ1n) is 11.8. The minimum atomic E-state index is -1.97. The van der Waals surface area contributed by atoms with Crippen molar-refractivity contribution >= 4 is 14.1 Å². The number of halogens is 2. The predicted octanol–water partition coefficient (Wildman–Crippen LogP) is 6.85. The Kier molecular flexibility index (Phi) is 6.80. The molecule has 1 aromatic carbocycles. The molecule has 0 aliphatic heterocycles. The van der Waals surface area contributed by atoms with Crippen molar-refractivity contribution in [2.24, 2.45) is 5.92 Å². The van der Waals surface area contributed by atoms with Gasteiger partial charge in [0.05, 0.1) is 5.56 Å². The van der Waals surface area contributed by atoms with Crippen LogP contribution in [0.15, 0.2) is 33.2 Å². The summed E-state index contributed by atoms with van der Waals surface area (Å²) in [5.41, 5.74) is 0.185. The molecule has 2 aromatic heterocycles. The fourth-order valence-corrected chi connectivity index (χ4v) is 5.28. The maximum atomic E-state index is 14.0. The average Bonchev–Trinajstić information content (AvgIpc) is 3.39. The van der Waals surface area contributed by atoms with E-state index in [-0.39, 0.29) is 45.8 Å². The maximum absolute atomic E-state index is 14.0. The Morgan fingerprint density at radius 2 is 1.91 bits per heavy atom. The van der Waals surface area contributed by atoms with Gasteiger partial charge in [0.15, 0.2) is 19.9 Å². The number of carbonyl (C=O) groups is 1. The molecule has 0 amide bonds. The monoisotopic (exact) mass is 503 g/mol. The zero-order valence-electron chi connectivity index (χ0n) is 20.9. The lowest BCUT2D eigenvalue weighted by Gasteiger charge is -2.37. The second kappa shape index (κ2) is 9.38. The van der Waals surface area contributed by atoms with Crippen LogP contribution in [0, 0.1) is 17.6 Å². The quantitative estimate of drug-likeness (QED) is 0.245. The SMILES string of the molecule is C[C@@H](O[Si](C)(C)C(C)(C)C)c1nnc(C2CC(CC(=O)c3cc(-c4ccc(F)cc4F)on3)C2)o1. The number of hydrogen-bond donors (Lipinski definition) is 0. The predicted molar refractivity (Wildman–Crippen MR) is 127 cm³/mol. The van der Waals surface area contributed by atoms with Crippen LogP contribution in [0.4, 0.5) is 8.78 Å². The van der Waals surface area contributed by atoms with Crippen LogP contribution in [-0.2, 0) is 4.43 Å². The number of ketones is 1. The lowest BCUT2D eigenvalue weighted by atomic mass is 9.72. The van der Waals surface area contributed by atoms with Crippen LogP contribution < -0.4 is 0 Å². The fourth-order valence-electron chi connectivity index (χ4n) is 3.94. The van der Waals surface area contributed by atoms with Gasteiger partial charge in [0.1, 0.15) is 23.4 Å². The Morgan fingerprint density at radius 1 is 1.20 bits per heavy atom. The van der Waals surface area contributed by atoms with E-state index < -0.39 is 20.0 Å². The smallest absolute Gasteiger partial charge is 0.243 e. The number of hydrogen-bond acceptors (Lipinski definition) is 7. The molecule has 35 heavy (non-hydrogen) atoms. The van der Waals surface area contributed by atoms with Gasteiger partial charge >= 0.3 is 0 Å². The van der Waals surface area contributed by atoms with Crippen LogP contribution in [0.2, 0.25) is 18.1 Å². The molecular formula is C25H31F2N3O4Si. The van der Waals surface area contributed by atoms with Crippen LogP contribution in [0.3, 0.4) is 0 Å². The van der Waals surface area contributed by atoms with E-state index in [1.807, 2.05) is 6.92 Å². The molecule has 1 fully saturated rings. The topological polar surface area (TPSA) is 91.2 Å². The highest BCUT2D eigenvalue weighted by molar-refractivity contribution is 6.74. The summed E-state index contributed by atoms with van der Waals surface area (Å²) < 4.78 is 44.5. The second-order valence-corrected chi connectivity index (χ2v) is 15.6. The molecule has 0 radical (unpaired) electrons. The largest absolute Gasteiger partial charge is 0.422 e. The summed E-state index contributed by atoms with van der Waals surface area (Å²) in [5, 5.41) is 12.3. The lowest BCUT2D eigenvalue weighted by molar-refractivity contribution is 0.0906. The first kappa shape index (κ1) is 25.4. The van der Waals surface area contributed by atoms with Gasteiger partial charge < -0.3 is 13.4 Å². The van der Waals surface area contributed by atoms with Crippen molar-refractivity contribution in [1.82, 2.24) is 15.4 Å². The number of benzene rings is 1. The highest BCUT2D eigenvalue weighted by atomic mass is 28.4. The minimum absolute atomic E-state index is 0.0561. The van der Waals surface area contributed by atoms with E-state index in [0.717, 1.165) is 25.0 Å². The van der Waals surface area contributed by atoms with E-state index in [4.69, 9.17) is 13.4 Å². The Morgan fingerprint density at radius 3 is 2.57 bits per heavy atom. The van der Waals surface area contributed by atoms with Crippen LogP contribution in [0.5, 0.6) is 0 Å². The number of aromatic nitrogens is 3. The Bertz CT molecular complexity index is 1210. The average molecular weight is 504 g/mol. The fraction of sp³-hybridized carbons (Fsp3) is 0.520. The molecule has 4 rings (SSSR count). The number of carbonyl (C=O) groups excluding carboxylic acids is 1.